The van der Waals surface area contributed by atoms with Gasteiger partial charge in [-0.3, -0.25) is 4.79 Å². The van der Waals surface area contributed by atoms with Crippen LogP contribution in [-0.4, -0.2) is 29.7 Å². The Labute approximate surface area is 115 Å². The number of nitrogens with one attached hydrogen (secondary N) is 1. The number of hydrogen-bond donors (Lipinski definition) is 2. The molecule has 1 fully saturated rings. The summed E-state index contributed by atoms with van der Waals surface area (Å²) in [4.78, 5) is 24.1. The van der Waals surface area contributed by atoms with E-state index in [0.29, 0.717) is 17.9 Å². The average Bonchev–Trinajstić information content (AvgIpc) is 3.05. The second-order valence-electron chi connectivity index (χ2n) is 4.51. The lowest BCUT2D eigenvalue weighted by Crippen LogP contribution is -2.39. The zero-order chi connectivity index (χ0) is 13.8. The Hall–Kier alpha value is -1.40. The van der Waals surface area contributed by atoms with E-state index in [0.717, 1.165) is 6.42 Å². The summed E-state index contributed by atoms with van der Waals surface area (Å²) in [5.74, 6) is -1.51. The lowest BCUT2D eigenvalue weighted by Gasteiger charge is -2.19. The lowest BCUT2D eigenvalue weighted by atomic mass is 9.98. The Kier molecular flexibility index (Phi) is 4.55. The molecule has 0 saturated carbocycles. The number of carbonyl (C=O) groups excluding carboxylic acids is 1. The Bertz CT molecular complexity index is 446. The molecule has 104 valence electrons. The summed E-state index contributed by atoms with van der Waals surface area (Å²) in [6, 6.07) is 2.52. The molecule has 5 nitrogen and oxygen atoms in total. The van der Waals surface area contributed by atoms with Gasteiger partial charge in [-0.25, -0.2) is 4.79 Å². The number of carboxylic acid groups (broad SMARTS) is 1. The maximum absolute atomic E-state index is 12.2. The normalized spacial score (nSPS) is 24.1. The summed E-state index contributed by atoms with van der Waals surface area (Å²) < 4.78 is 5.46. The van der Waals surface area contributed by atoms with Gasteiger partial charge in [-0.2, -0.15) is 0 Å². The summed E-state index contributed by atoms with van der Waals surface area (Å²) in [6.45, 7) is 2.53. The van der Waals surface area contributed by atoms with E-state index < -0.39 is 12.0 Å². The molecule has 1 aromatic rings. The van der Waals surface area contributed by atoms with Gasteiger partial charge in [0, 0.05) is 11.5 Å². The van der Waals surface area contributed by atoms with Gasteiger partial charge in [0.05, 0.1) is 12.0 Å². The molecule has 2 rings (SSSR count). The molecule has 1 amide bonds. The van der Waals surface area contributed by atoms with E-state index in [1.165, 1.54) is 11.3 Å². The summed E-state index contributed by atoms with van der Waals surface area (Å²) in [5.41, 5.74) is 0. The van der Waals surface area contributed by atoms with Gasteiger partial charge in [-0.1, -0.05) is 13.0 Å². The van der Waals surface area contributed by atoms with Gasteiger partial charge >= 0.3 is 5.97 Å². The van der Waals surface area contributed by atoms with Crippen molar-refractivity contribution >= 4 is 23.2 Å². The van der Waals surface area contributed by atoms with Gasteiger partial charge in [-0.05, 0) is 24.3 Å². The molecule has 6 heteroatoms. The second kappa shape index (κ2) is 6.16. The molecule has 3 atom stereocenters. The third-order valence-electron chi connectivity index (χ3n) is 3.31. The van der Waals surface area contributed by atoms with Crippen LogP contribution in [0.4, 0.5) is 0 Å². The van der Waals surface area contributed by atoms with Crippen LogP contribution >= 0.6 is 11.3 Å². The summed E-state index contributed by atoms with van der Waals surface area (Å²) >= 11 is 1.32. The molecule has 1 aromatic heterocycles. The number of amides is 1. The first kappa shape index (κ1) is 14.0. The molecular weight excluding hydrogens is 266 g/mol. The first-order valence-electron chi connectivity index (χ1n) is 6.31. The third-order valence-corrected chi connectivity index (χ3v) is 4.25. The van der Waals surface area contributed by atoms with E-state index in [-0.39, 0.29) is 17.9 Å². The van der Waals surface area contributed by atoms with Crippen LogP contribution in [0.2, 0.25) is 0 Å². The van der Waals surface area contributed by atoms with Crippen LogP contribution in [-0.2, 0) is 14.3 Å². The molecule has 2 heterocycles. The van der Waals surface area contributed by atoms with Crippen LogP contribution in [0.3, 0.4) is 0 Å². The van der Waals surface area contributed by atoms with Gasteiger partial charge in [0.25, 0.3) is 0 Å². The van der Waals surface area contributed by atoms with Crippen LogP contribution in [0, 0.1) is 5.92 Å². The number of ether oxygens (including phenoxy) is 1. The molecule has 3 unspecified atom stereocenters. The number of hydrogen-bond acceptors (Lipinski definition) is 4. The fraction of sp³-hybridized carbons (Fsp3) is 0.538. The number of carbonyl (C=O) groups is 2. The fourth-order valence-electron chi connectivity index (χ4n) is 2.31. The highest BCUT2D eigenvalue weighted by Crippen LogP contribution is 2.25. The largest absolute Gasteiger partial charge is 0.479 e. The van der Waals surface area contributed by atoms with Crippen molar-refractivity contribution in [2.45, 2.75) is 31.9 Å². The minimum Gasteiger partial charge on any atom is -0.479 e. The highest BCUT2D eigenvalue weighted by atomic mass is 32.1. The maximum Gasteiger partial charge on any atom is 0.331 e. The third kappa shape index (κ3) is 3.13. The Morgan fingerprint density at radius 3 is 3.00 bits per heavy atom. The van der Waals surface area contributed by atoms with Gasteiger partial charge in [0.2, 0.25) is 5.91 Å². The molecule has 1 aliphatic heterocycles. The predicted molar refractivity (Wildman–Crippen MR) is 71.0 cm³/mol. The Morgan fingerprint density at radius 2 is 2.42 bits per heavy atom. The number of thiophene rings is 1. The highest BCUT2D eigenvalue weighted by Gasteiger charge is 2.35. The van der Waals surface area contributed by atoms with Gasteiger partial charge < -0.3 is 15.2 Å². The zero-order valence-corrected chi connectivity index (χ0v) is 11.5. The molecule has 0 aromatic carbocycles. The van der Waals surface area contributed by atoms with E-state index >= 15 is 0 Å². The molecule has 0 spiro atoms. The number of carboxylic acids is 1. The van der Waals surface area contributed by atoms with Crippen LogP contribution in [0.5, 0.6) is 0 Å². The molecular formula is C13H17NO4S. The van der Waals surface area contributed by atoms with E-state index in [1.807, 2.05) is 6.92 Å². The first-order chi connectivity index (χ1) is 9.13. The molecule has 0 aliphatic carbocycles. The molecule has 1 saturated heterocycles. The van der Waals surface area contributed by atoms with Crippen molar-refractivity contribution in [2.75, 3.05) is 6.61 Å². The molecule has 19 heavy (non-hydrogen) atoms. The summed E-state index contributed by atoms with van der Waals surface area (Å²) in [7, 11) is 0. The van der Waals surface area contributed by atoms with Crippen molar-refractivity contribution in [1.29, 1.82) is 0 Å². The van der Waals surface area contributed by atoms with E-state index in [4.69, 9.17) is 4.74 Å². The van der Waals surface area contributed by atoms with Gasteiger partial charge in [0.1, 0.15) is 0 Å². The van der Waals surface area contributed by atoms with E-state index in [2.05, 4.69) is 5.32 Å². The monoisotopic (exact) mass is 283 g/mol. The van der Waals surface area contributed by atoms with Crippen molar-refractivity contribution in [3.05, 3.63) is 22.4 Å². The van der Waals surface area contributed by atoms with Crippen LogP contribution in [0.1, 0.15) is 30.7 Å². The van der Waals surface area contributed by atoms with Crippen molar-refractivity contribution < 1.29 is 19.4 Å². The number of rotatable bonds is 5. The minimum atomic E-state index is -1.04. The maximum atomic E-state index is 12.2. The fourth-order valence-corrected chi connectivity index (χ4v) is 3.08. The molecule has 2 N–H and O–H groups in total. The quantitative estimate of drug-likeness (QED) is 0.864. The Balaban J connectivity index is 2.05. The summed E-state index contributed by atoms with van der Waals surface area (Å²) in [5, 5.41) is 13.6. The van der Waals surface area contributed by atoms with Crippen LogP contribution < -0.4 is 5.32 Å². The van der Waals surface area contributed by atoms with Crippen molar-refractivity contribution in [3.63, 3.8) is 0 Å². The van der Waals surface area contributed by atoms with Crippen molar-refractivity contribution in [1.82, 2.24) is 5.32 Å². The predicted octanol–water partition coefficient (Wildman–Crippen LogP) is 1.81. The Morgan fingerprint density at radius 1 is 1.63 bits per heavy atom. The van der Waals surface area contributed by atoms with Crippen molar-refractivity contribution in [2.24, 2.45) is 5.92 Å². The topological polar surface area (TPSA) is 75.6 Å². The molecule has 0 bridgehead atoms. The average molecular weight is 283 g/mol. The summed E-state index contributed by atoms with van der Waals surface area (Å²) in [6.07, 6.45) is 1.31. The van der Waals surface area contributed by atoms with Gasteiger partial charge in [-0.15, -0.1) is 11.3 Å². The van der Waals surface area contributed by atoms with Crippen LogP contribution in [0.15, 0.2) is 17.5 Å². The molecule has 1 aliphatic rings. The van der Waals surface area contributed by atoms with E-state index in [9.17, 15) is 14.7 Å². The standard InChI is InChI=1S/C13H17NO4S/c1-2-9-8(5-6-18-9)12(15)14-11(13(16)17)10-4-3-7-19-10/h3-4,7-9,11H,2,5-6H2,1H3,(H,14,15)(H,16,17). The van der Waals surface area contributed by atoms with E-state index in [1.54, 1.807) is 17.5 Å². The lowest BCUT2D eigenvalue weighted by molar-refractivity contribution is -0.143. The molecule has 0 radical (unpaired) electrons. The number of aliphatic carboxylic acids is 1. The zero-order valence-electron chi connectivity index (χ0n) is 10.7. The van der Waals surface area contributed by atoms with Gasteiger partial charge in [0.15, 0.2) is 6.04 Å². The minimum absolute atomic E-state index is 0.0993. The van der Waals surface area contributed by atoms with Crippen LogP contribution in [0.25, 0.3) is 0 Å². The first-order valence-corrected chi connectivity index (χ1v) is 7.19. The highest BCUT2D eigenvalue weighted by molar-refractivity contribution is 7.10. The SMILES string of the molecule is CCC1OCCC1C(=O)NC(C(=O)O)c1cccs1. The second-order valence-corrected chi connectivity index (χ2v) is 5.49. The van der Waals surface area contributed by atoms with Crippen molar-refractivity contribution in [3.8, 4) is 0 Å². The smallest absolute Gasteiger partial charge is 0.331 e.